The number of nitrogens with zero attached hydrogens (tertiary/aromatic N) is 6. The lowest BCUT2D eigenvalue weighted by Crippen LogP contribution is -2.59. The van der Waals surface area contributed by atoms with Crippen molar-refractivity contribution in [2.24, 2.45) is 32.7 Å². The number of hydrogen-bond acceptors (Lipinski definition) is 9. The summed E-state index contributed by atoms with van der Waals surface area (Å²) in [4.78, 5) is 86.8. The summed E-state index contributed by atoms with van der Waals surface area (Å²) >= 11 is 0. The van der Waals surface area contributed by atoms with Gasteiger partial charge >= 0.3 is 17.1 Å². The molecule has 0 bridgehead atoms. The second kappa shape index (κ2) is 12.2. The van der Waals surface area contributed by atoms with Gasteiger partial charge in [0.25, 0.3) is 0 Å². The van der Waals surface area contributed by atoms with Crippen molar-refractivity contribution in [2.45, 2.75) is 115 Å². The van der Waals surface area contributed by atoms with E-state index in [0.717, 1.165) is 0 Å². The quantitative estimate of drug-likeness (QED) is 0.399. The molecule has 39 heavy (non-hydrogen) atoms. The van der Waals surface area contributed by atoms with Crippen molar-refractivity contribution < 1.29 is 14.4 Å². The zero-order valence-electron chi connectivity index (χ0n) is 22.7. The Morgan fingerprint density at radius 1 is 0.513 bits per heavy atom. The van der Waals surface area contributed by atoms with Gasteiger partial charge in [-0.05, 0) is 75.5 Å². The van der Waals surface area contributed by atoms with Crippen LogP contribution in [0.25, 0.3) is 0 Å². The van der Waals surface area contributed by atoms with E-state index in [0.29, 0.717) is 57.8 Å². The third kappa shape index (κ3) is 5.64. The van der Waals surface area contributed by atoms with Crippen LogP contribution in [0.5, 0.6) is 0 Å². The minimum absolute atomic E-state index is 0.0927. The highest BCUT2D eigenvalue weighted by Crippen LogP contribution is 2.36. The van der Waals surface area contributed by atoms with E-state index in [1.807, 2.05) is 20.8 Å². The molecule has 3 aliphatic carbocycles. The van der Waals surface area contributed by atoms with Crippen molar-refractivity contribution in [1.29, 1.82) is 0 Å². The highest BCUT2D eigenvalue weighted by atomic mass is 16.2. The predicted molar refractivity (Wildman–Crippen MR) is 141 cm³/mol. The minimum atomic E-state index is -0.685. The van der Waals surface area contributed by atoms with Gasteiger partial charge < -0.3 is 0 Å². The summed E-state index contributed by atoms with van der Waals surface area (Å²) in [6.07, 6.45) is 9.30. The average molecular weight is 541 g/mol. The molecule has 0 radical (unpaired) electrons. The number of carbonyl (C=O) groups excluding carboxylic acids is 3. The van der Waals surface area contributed by atoms with E-state index in [-0.39, 0.29) is 35.9 Å². The predicted octanol–water partition coefficient (Wildman–Crippen LogP) is 2.37. The molecule has 4 rings (SSSR count). The lowest BCUT2D eigenvalue weighted by atomic mass is 9.82. The molecule has 0 spiro atoms. The summed E-state index contributed by atoms with van der Waals surface area (Å²) in [5.74, 6) is 0.278. The molecule has 0 N–H and O–H groups in total. The molecule has 12 heteroatoms. The first-order valence-corrected chi connectivity index (χ1v) is 13.9. The Morgan fingerprint density at radius 3 is 1.00 bits per heavy atom. The normalized spacial score (nSPS) is 34.7. The van der Waals surface area contributed by atoms with Gasteiger partial charge in [-0.15, -0.1) is 0 Å². The molecule has 1 aromatic rings. The van der Waals surface area contributed by atoms with E-state index in [2.05, 4.69) is 15.0 Å². The van der Waals surface area contributed by atoms with Crippen LogP contribution in [0.3, 0.4) is 0 Å². The van der Waals surface area contributed by atoms with Gasteiger partial charge in [-0.1, -0.05) is 20.8 Å². The Morgan fingerprint density at radius 2 is 0.769 bits per heavy atom. The minimum Gasteiger partial charge on any atom is -0.247 e. The fourth-order valence-electron chi connectivity index (χ4n) is 6.81. The molecule has 0 amide bonds. The Labute approximate surface area is 225 Å². The topological polar surface area (TPSA) is 154 Å². The van der Waals surface area contributed by atoms with Crippen molar-refractivity contribution in [3.63, 3.8) is 0 Å². The molecule has 0 saturated heterocycles. The van der Waals surface area contributed by atoms with Crippen molar-refractivity contribution in [3.8, 4) is 0 Å². The zero-order valence-corrected chi connectivity index (χ0v) is 22.7. The number of aromatic nitrogens is 3. The molecule has 1 heterocycles. The molecule has 0 aromatic carbocycles. The Hall–Kier alpha value is -3.45. The summed E-state index contributed by atoms with van der Waals surface area (Å²) in [5.41, 5.74) is -2.06. The Balaban J connectivity index is 1.88. The van der Waals surface area contributed by atoms with Crippen LogP contribution in [0.2, 0.25) is 0 Å². The molecule has 1 aromatic heterocycles. The lowest BCUT2D eigenvalue weighted by molar-refractivity contribution is 0.191. The van der Waals surface area contributed by atoms with Crippen molar-refractivity contribution in [3.05, 3.63) is 31.5 Å². The molecule has 3 fully saturated rings. The third-order valence-corrected chi connectivity index (χ3v) is 9.36. The van der Waals surface area contributed by atoms with Crippen LogP contribution >= 0.6 is 0 Å². The number of rotatable bonds is 6. The molecule has 0 aliphatic heterocycles. The lowest BCUT2D eigenvalue weighted by Gasteiger charge is -2.36. The fourth-order valence-corrected chi connectivity index (χ4v) is 6.81. The van der Waals surface area contributed by atoms with E-state index >= 15 is 0 Å². The number of hydrogen-bond donors (Lipinski definition) is 0. The summed E-state index contributed by atoms with van der Waals surface area (Å²) in [5, 5.41) is 0. The van der Waals surface area contributed by atoms with Crippen LogP contribution in [0.15, 0.2) is 29.4 Å². The van der Waals surface area contributed by atoms with Gasteiger partial charge in [0.2, 0.25) is 18.2 Å². The second-order valence-electron chi connectivity index (χ2n) is 11.7. The van der Waals surface area contributed by atoms with E-state index in [1.54, 1.807) is 18.2 Å². The van der Waals surface area contributed by atoms with Crippen LogP contribution in [-0.4, -0.2) is 50.1 Å². The largest absolute Gasteiger partial charge is 0.336 e. The van der Waals surface area contributed by atoms with E-state index in [9.17, 15) is 28.8 Å². The molecule has 9 atom stereocenters. The van der Waals surface area contributed by atoms with Crippen molar-refractivity contribution in [1.82, 2.24) is 13.7 Å². The van der Waals surface area contributed by atoms with Gasteiger partial charge in [0.05, 0.1) is 18.1 Å². The van der Waals surface area contributed by atoms with Crippen LogP contribution < -0.4 is 17.1 Å². The summed E-state index contributed by atoms with van der Waals surface area (Å²) < 4.78 is 3.52. The number of aliphatic imine (C=N–C) groups is 3. The molecule has 3 saturated carbocycles. The molecular weight excluding hydrogens is 504 g/mol. The standard InChI is InChI=1S/C27H36N6O6/c1-16-4-7-19(10-22(16)28-13-34)31-25(37)32(20-8-5-17(2)23(11-20)29-14-35)27(39)33(26(31)38)21-9-6-18(3)24(12-21)30-15-36/h16-24H,4-12H2,1-3H3. The fraction of sp³-hybridized carbons (Fsp3) is 0.778. The number of isocyanates is 3. The Kier molecular flexibility index (Phi) is 8.90. The van der Waals surface area contributed by atoms with Crippen molar-refractivity contribution in [2.75, 3.05) is 0 Å². The van der Waals surface area contributed by atoms with Crippen LogP contribution in [0.1, 0.15) is 96.7 Å². The van der Waals surface area contributed by atoms with Gasteiger partial charge in [-0.25, -0.2) is 57.4 Å². The molecule has 210 valence electrons. The van der Waals surface area contributed by atoms with Crippen LogP contribution in [0, 0.1) is 17.8 Å². The maximum absolute atomic E-state index is 14.0. The summed E-state index contributed by atoms with van der Waals surface area (Å²) in [6.45, 7) is 5.91. The van der Waals surface area contributed by atoms with Crippen molar-refractivity contribution >= 4 is 18.2 Å². The average Bonchev–Trinajstić information content (AvgIpc) is 2.90. The van der Waals surface area contributed by atoms with Gasteiger partial charge in [-0.2, -0.15) is 0 Å². The third-order valence-electron chi connectivity index (χ3n) is 9.36. The first kappa shape index (κ1) is 28.6. The molecule has 9 unspecified atom stereocenters. The zero-order chi connectivity index (χ0) is 28.3. The molecule has 3 aliphatic rings. The highest BCUT2D eigenvalue weighted by Gasteiger charge is 2.37. The second-order valence-corrected chi connectivity index (χ2v) is 11.7. The highest BCUT2D eigenvalue weighted by molar-refractivity contribution is 5.34. The maximum Gasteiger partial charge on any atom is 0.336 e. The van der Waals surface area contributed by atoms with Gasteiger partial charge in [0.15, 0.2) is 0 Å². The monoisotopic (exact) mass is 540 g/mol. The van der Waals surface area contributed by atoms with Gasteiger partial charge in [-0.3, -0.25) is 0 Å². The maximum atomic E-state index is 14.0. The molecule has 12 nitrogen and oxygen atoms in total. The van der Waals surface area contributed by atoms with Gasteiger partial charge in [0.1, 0.15) is 0 Å². The first-order valence-electron chi connectivity index (χ1n) is 13.9. The SMILES string of the molecule is CC1CCC(n2c(=O)n(C3CCC(C)C(N=C=O)C3)c(=O)n(C3CCC(C)C(N=C=O)C3)c2=O)CC1N=C=O. The summed E-state index contributed by atoms with van der Waals surface area (Å²) in [7, 11) is 0. The smallest absolute Gasteiger partial charge is 0.247 e. The van der Waals surface area contributed by atoms with E-state index in [1.165, 1.54) is 13.7 Å². The van der Waals surface area contributed by atoms with Crippen LogP contribution in [0.4, 0.5) is 0 Å². The van der Waals surface area contributed by atoms with E-state index < -0.39 is 35.2 Å². The first-order chi connectivity index (χ1) is 18.7. The van der Waals surface area contributed by atoms with E-state index in [4.69, 9.17) is 0 Å². The summed E-state index contributed by atoms with van der Waals surface area (Å²) in [6, 6.07) is -2.78. The Bertz CT molecular complexity index is 1200. The van der Waals surface area contributed by atoms with Gasteiger partial charge in [0, 0.05) is 18.1 Å². The molecular formula is C27H36N6O6. The van der Waals surface area contributed by atoms with Crippen LogP contribution in [-0.2, 0) is 14.4 Å².